The van der Waals surface area contributed by atoms with Crippen molar-refractivity contribution in [1.29, 1.82) is 5.26 Å². The first-order valence-corrected chi connectivity index (χ1v) is 6.08. The van der Waals surface area contributed by atoms with Crippen LogP contribution in [-0.2, 0) is 6.54 Å². The molecule has 1 N–H and O–H groups in total. The summed E-state index contributed by atoms with van der Waals surface area (Å²) < 4.78 is 10.4. The lowest BCUT2D eigenvalue weighted by Gasteiger charge is -2.12. The van der Waals surface area contributed by atoms with E-state index in [2.05, 4.69) is 11.4 Å². The summed E-state index contributed by atoms with van der Waals surface area (Å²) in [6, 6.07) is 11.7. The van der Waals surface area contributed by atoms with Gasteiger partial charge in [0.1, 0.15) is 17.6 Å². The van der Waals surface area contributed by atoms with E-state index in [1.54, 1.807) is 13.4 Å². The van der Waals surface area contributed by atoms with E-state index in [0.29, 0.717) is 17.9 Å². The van der Waals surface area contributed by atoms with Gasteiger partial charge in [-0.2, -0.15) is 5.26 Å². The second-order valence-electron chi connectivity index (χ2n) is 4.26. The van der Waals surface area contributed by atoms with Gasteiger partial charge < -0.3 is 14.5 Å². The SMILES string of the molecule is COc1ccc(CN[C@@H](C)c2ccco2)cc1C#N. The molecule has 0 saturated heterocycles. The van der Waals surface area contributed by atoms with Crippen LogP contribution in [0.5, 0.6) is 5.75 Å². The van der Waals surface area contributed by atoms with Crippen molar-refractivity contribution < 1.29 is 9.15 Å². The molecule has 1 aromatic carbocycles. The number of hydrogen-bond acceptors (Lipinski definition) is 4. The number of ether oxygens (including phenoxy) is 1. The first-order valence-electron chi connectivity index (χ1n) is 6.08. The summed E-state index contributed by atoms with van der Waals surface area (Å²) in [6.45, 7) is 2.70. The van der Waals surface area contributed by atoms with Crippen molar-refractivity contribution in [2.24, 2.45) is 0 Å². The maximum Gasteiger partial charge on any atom is 0.136 e. The van der Waals surface area contributed by atoms with Gasteiger partial charge in [0.25, 0.3) is 0 Å². The van der Waals surface area contributed by atoms with Crippen molar-refractivity contribution >= 4 is 0 Å². The van der Waals surface area contributed by atoms with Gasteiger partial charge in [-0.15, -0.1) is 0 Å². The van der Waals surface area contributed by atoms with Crippen LogP contribution in [0.3, 0.4) is 0 Å². The average molecular weight is 256 g/mol. The smallest absolute Gasteiger partial charge is 0.136 e. The van der Waals surface area contributed by atoms with Crippen LogP contribution in [0.4, 0.5) is 0 Å². The molecule has 1 aromatic heterocycles. The zero-order chi connectivity index (χ0) is 13.7. The molecule has 0 bridgehead atoms. The Morgan fingerprint density at radius 1 is 1.42 bits per heavy atom. The third kappa shape index (κ3) is 3.15. The predicted molar refractivity (Wildman–Crippen MR) is 71.7 cm³/mol. The van der Waals surface area contributed by atoms with Gasteiger partial charge in [-0.05, 0) is 36.8 Å². The van der Waals surface area contributed by atoms with Gasteiger partial charge in [0, 0.05) is 6.54 Å². The number of furan rings is 1. The average Bonchev–Trinajstić information content (AvgIpc) is 2.98. The Bertz CT molecular complexity index is 570. The van der Waals surface area contributed by atoms with Crippen molar-refractivity contribution in [1.82, 2.24) is 5.32 Å². The van der Waals surface area contributed by atoms with E-state index in [1.807, 2.05) is 37.3 Å². The Hall–Kier alpha value is -2.25. The molecule has 1 atom stereocenters. The molecule has 0 amide bonds. The third-order valence-electron chi connectivity index (χ3n) is 2.97. The second-order valence-corrected chi connectivity index (χ2v) is 4.26. The molecule has 0 fully saturated rings. The highest BCUT2D eigenvalue weighted by Crippen LogP contribution is 2.19. The summed E-state index contributed by atoms with van der Waals surface area (Å²) >= 11 is 0. The first kappa shape index (κ1) is 13.2. The molecule has 98 valence electrons. The topological polar surface area (TPSA) is 58.2 Å². The van der Waals surface area contributed by atoms with E-state index in [4.69, 9.17) is 14.4 Å². The molecular weight excluding hydrogens is 240 g/mol. The molecular formula is C15H16N2O2. The Balaban J connectivity index is 2.02. The van der Waals surface area contributed by atoms with Gasteiger partial charge >= 0.3 is 0 Å². The highest BCUT2D eigenvalue weighted by atomic mass is 16.5. The van der Waals surface area contributed by atoms with E-state index in [9.17, 15) is 0 Å². The summed E-state index contributed by atoms with van der Waals surface area (Å²) in [6.07, 6.45) is 1.66. The lowest BCUT2D eigenvalue weighted by molar-refractivity contribution is 0.412. The van der Waals surface area contributed by atoms with E-state index in [1.165, 1.54) is 0 Å². The van der Waals surface area contributed by atoms with Crippen LogP contribution >= 0.6 is 0 Å². The van der Waals surface area contributed by atoms with Crippen LogP contribution in [0.25, 0.3) is 0 Å². The normalized spacial score (nSPS) is 11.8. The van der Waals surface area contributed by atoms with Crippen molar-refractivity contribution in [3.8, 4) is 11.8 Å². The molecule has 2 aromatic rings. The zero-order valence-corrected chi connectivity index (χ0v) is 11.0. The Kier molecular flexibility index (Phi) is 4.22. The molecule has 0 unspecified atom stereocenters. The summed E-state index contributed by atoms with van der Waals surface area (Å²) in [5, 5.41) is 12.4. The highest BCUT2D eigenvalue weighted by molar-refractivity contribution is 5.45. The number of benzene rings is 1. The minimum Gasteiger partial charge on any atom is -0.495 e. The number of nitrogens with one attached hydrogen (secondary N) is 1. The maximum absolute atomic E-state index is 9.04. The van der Waals surface area contributed by atoms with Gasteiger partial charge in [-0.1, -0.05) is 6.07 Å². The number of hydrogen-bond donors (Lipinski definition) is 1. The standard InChI is InChI=1S/C15H16N2O2/c1-11(14-4-3-7-19-14)17-10-12-5-6-15(18-2)13(8-12)9-16/h3-8,11,17H,10H2,1-2H3/t11-/m0/s1. The summed E-state index contributed by atoms with van der Waals surface area (Å²) in [5.41, 5.74) is 1.59. The molecule has 4 nitrogen and oxygen atoms in total. The number of nitriles is 1. The summed E-state index contributed by atoms with van der Waals surface area (Å²) in [7, 11) is 1.56. The quantitative estimate of drug-likeness (QED) is 0.893. The molecule has 0 aliphatic carbocycles. The van der Waals surface area contributed by atoms with E-state index < -0.39 is 0 Å². The zero-order valence-electron chi connectivity index (χ0n) is 11.0. The molecule has 0 aliphatic heterocycles. The summed E-state index contributed by atoms with van der Waals surface area (Å²) in [4.78, 5) is 0. The Labute approximate surface area is 112 Å². The van der Waals surface area contributed by atoms with Crippen LogP contribution in [-0.4, -0.2) is 7.11 Å². The molecule has 0 radical (unpaired) electrons. The van der Waals surface area contributed by atoms with Crippen molar-refractivity contribution in [2.45, 2.75) is 19.5 Å². The van der Waals surface area contributed by atoms with Crippen LogP contribution < -0.4 is 10.1 Å². The van der Waals surface area contributed by atoms with Crippen molar-refractivity contribution in [2.75, 3.05) is 7.11 Å². The fourth-order valence-electron chi connectivity index (χ4n) is 1.86. The van der Waals surface area contributed by atoms with Crippen LogP contribution in [0, 0.1) is 11.3 Å². The van der Waals surface area contributed by atoms with Crippen molar-refractivity contribution in [3.05, 3.63) is 53.5 Å². The largest absolute Gasteiger partial charge is 0.495 e. The van der Waals surface area contributed by atoms with Gasteiger partial charge in [0.05, 0.1) is 25.0 Å². The fourth-order valence-corrected chi connectivity index (χ4v) is 1.86. The lowest BCUT2D eigenvalue weighted by Crippen LogP contribution is -2.17. The van der Waals surface area contributed by atoms with Gasteiger partial charge in [0.15, 0.2) is 0 Å². The van der Waals surface area contributed by atoms with E-state index in [0.717, 1.165) is 11.3 Å². The van der Waals surface area contributed by atoms with E-state index >= 15 is 0 Å². The van der Waals surface area contributed by atoms with Gasteiger partial charge in [0.2, 0.25) is 0 Å². The van der Waals surface area contributed by atoms with Gasteiger partial charge in [-0.3, -0.25) is 0 Å². The van der Waals surface area contributed by atoms with E-state index in [-0.39, 0.29) is 6.04 Å². The minimum atomic E-state index is 0.127. The maximum atomic E-state index is 9.04. The Morgan fingerprint density at radius 3 is 2.89 bits per heavy atom. The van der Waals surface area contributed by atoms with Crippen molar-refractivity contribution in [3.63, 3.8) is 0 Å². The lowest BCUT2D eigenvalue weighted by atomic mass is 10.1. The monoisotopic (exact) mass is 256 g/mol. The Morgan fingerprint density at radius 2 is 2.26 bits per heavy atom. The fraction of sp³-hybridized carbons (Fsp3) is 0.267. The predicted octanol–water partition coefficient (Wildman–Crippen LogP) is 3.01. The third-order valence-corrected chi connectivity index (χ3v) is 2.97. The number of nitrogens with zero attached hydrogens (tertiary/aromatic N) is 1. The number of methoxy groups -OCH3 is 1. The van der Waals surface area contributed by atoms with Crippen LogP contribution in [0.1, 0.15) is 29.9 Å². The minimum absolute atomic E-state index is 0.127. The second kappa shape index (κ2) is 6.07. The molecule has 2 rings (SSSR count). The summed E-state index contributed by atoms with van der Waals surface area (Å²) in [5.74, 6) is 1.50. The molecule has 1 heterocycles. The molecule has 0 spiro atoms. The molecule has 4 heteroatoms. The van der Waals surface area contributed by atoms with Crippen LogP contribution in [0.2, 0.25) is 0 Å². The first-order chi connectivity index (χ1) is 9.24. The highest BCUT2D eigenvalue weighted by Gasteiger charge is 2.08. The molecule has 0 aliphatic rings. The van der Waals surface area contributed by atoms with Gasteiger partial charge in [-0.25, -0.2) is 0 Å². The molecule has 0 saturated carbocycles. The van der Waals surface area contributed by atoms with Crippen LogP contribution in [0.15, 0.2) is 41.0 Å². The number of rotatable bonds is 5. The molecule has 19 heavy (non-hydrogen) atoms.